The summed E-state index contributed by atoms with van der Waals surface area (Å²) >= 11 is 2.22. The topological polar surface area (TPSA) is 55.5 Å². The average molecular weight is 439 g/mol. The van der Waals surface area contributed by atoms with Gasteiger partial charge in [-0.15, -0.1) is 0 Å². The molecule has 6 nitrogen and oxygen atoms in total. The number of hydrogen-bond acceptors (Lipinski definition) is 5. The average Bonchev–Trinajstić information content (AvgIpc) is 3.22. The second-order valence-corrected chi connectivity index (χ2v) is 6.81. The molecule has 1 saturated heterocycles. The molecule has 0 aromatic carbocycles. The first-order chi connectivity index (χ1) is 11.7. The van der Waals surface area contributed by atoms with E-state index in [1.807, 2.05) is 12.3 Å². The highest BCUT2D eigenvalue weighted by molar-refractivity contribution is 14.1. The molecule has 0 spiro atoms. The van der Waals surface area contributed by atoms with Crippen molar-refractivity contribution in [1.82, 2.24) is 19.6 Å². The zero-order chi connectivity index (χ0) is 16.7. The molecule has 1 fully saturated rings. The molecule has 3 aromatic heterocycles. The highest BCUT2D eigenvalue weighted by atomic mass is 127. The van der Waals surface area contributed by atoms with Crippen LogP contribution in [0.4, 0.5) is 10.2 Å². The molecule has 8 heteroatoms. The lowest BCUT2D eigenvalue weighted by Crippen LogP contribution is -2.24. The van der Waals surface area contributed by atoms with Crippen molar-refractivity contribution < 1.29 is 9.13 Å². The van der Waals surface area contributed by atoms with Gasteiger partial charge in [0.05, 0.1) is 29.1 Å². The zero-order valence-corrected chi connectivity index (χ0v) is 15.1. The summed E-state index contributed by atoms with van der Waals surface area (Å²) in [7, 11) is 1.56. The van der Waals surface area contributed by atoms with Crippen LogP contribution in [0.2, 0.25) is 0 Å². The number of anilines is 1. The number of ether oxygens (including phenoxy) is 1. The van der Waals surface area contributed by atoms with Gasteiger partial charge in [0.1, 0.15) is 11.6 Å². The van der Waals surface area contributed by atoms with Crippen molar-refractivity contribution in [3.63, 3.8) is 0 Å². The maximum Gasteiger partial charge on any atom is 0.218 e. The lowest BCUT2D eigenvalue weighted by molar-refractivity contribution is 0.385. The SMILES string of the molecule is COc1ncc(F)cc1[C@H]1CCCN1c1ccn2ncc(I)c2n1. The van der Waals surface area contributed by atoms with Crippen molar-refractivity contribution >= 4 is 34.1 Å². The number of hydrogen-bond donors (Lipinski definition) is 0. The van der Waals surface area contributed by atoms with Crippen LogP contribution in [0.1, 0.15) is 24.4 Å². The molecule has 0 amide bonds. The number of fused-ring (bicyclic) bond motifs is 1. The van der Waals surface area contributed by atoms with E-state index in [2.05, 4.69) is 37.6 Å². The van der Waals surface area contributed by atoms with E-state index in [0.717, 1.165) is 40.0 Å². The van der Waals surface area contributed by atoms with E-state index in [1.165, 1.54) is 12.3 Å². The minimum atomic E-state index is -0.355. The van der Waals surface area contributed by atoms with Crippen LogP contribution in [0.3, 0.4) is 0 Å². The standard InChI is InChI=1S/C16H15FIN5O/c1-24-16-11(7-10(17)8-19-16)13-3-2-5-22(13)14-4-6-23-15(21-14)12(18)9-20-23/h4,6-9,13H,2-3,5H2,1H3/t13-/m1/s1. The highest BCUT2D eigenvalue weighted by Crippen LogP contribution is 2.38. The van der Waals surface area contributed by atoms with E-state index in [9.17, 15) is 4.39 Å². The van der Waals surface area contributed by atoms with Gasteiger partial charge in [0.2, 0.25) is 5.88 Å². The van der Waals surface area contributed by atoms with Gasteiger partial charge in [-0.25, -0.2) is 18.9 Å². The Balaban J connectivity index is 1.76. The monoisotopic (exact) mass is 439 g/mol. The molecule has 3 aromatic rings. The van der Waals surface area contributed by atoms with E-state index in [1.54, 1.807) is 17.8 Å². The highest BCUT2D eigenvalue weighted by Gasteiger charge is 2.30. The molecule has 0 N–H and O–H groups in total. The van der Waals surface area contributed by atoms with Gasteiger partial charge in [-0.1, -0.05) is 0 Å². The molecule has 124 valence electrons. The van der Waals surface area contributed by atoms with Crippen molar-refractivity contribution in [3.05, 3.63) is 45.7 Å². The van der Waals surface area contributed by atoms with Crippen LogP contribution in [0.15, 0.2) is 30.7 Å². The summed E-state index contributed by atoms with van der Waals surface area (Å²) in [6, 6.07) is 3.45. The Morgan fingerprint density at radius 2 is 2.25 bits per heavy atom. The van der Waals surface area contributed by atoms with Crippen LogP contribution >= 0.6 is 22.6 Å². The Hall–Kier alpha value is -1.97. The number of nitrogens with zero attached hydrogens (tertiary/aromatic N) is 5. The molecule has 24 heavy (non-hydrogen) atoms. The summed E-state index contributed by atoms with van der Waals surface area (Å²) in [4.78, 5) is 11.0. The molecule has 4 rings (SSSR count). The lowest BCUT2D eigenvalue weighted by atomic mass is 10.1. The molecule has 4 heterocycles. The van der Waals surface area contributed by atoms with Gasteiger partial charge in [-0.2, -0.15) is 5.10 Å². The molecule has 1 aliphatic heterocycles. The molecule has 1 aliphatic rings. The molecule has 0 saturated carbocycles. The van der Waals surface area contributed by atoms with Gasteiger partial charge in [-0.3, -0.25) is 0 Å². The second kappa shape index (κ2) is 6.15. The summed E-state index contributed by atoms with van der Waals surface area (Å²) in [6.45, 7) is 0.859. The summed E-state index contributed by atoms with van der Waals surface area (Å²) in [6.07, 6.45) is 6.78. The third-order valence-electron chi connectivity index (χ3n) is 4.26. The Labute approximate surface area is 151 Å². The fraction of sp³-hybridized carbons (Fsp3) is 0.312. The molecule has 0 unspecified atom stereocenters. The Morgan fingerprint density at radius 1 is 1.38 bits per heavy atom. The quantitative estimate of drug-likeness (QED) is 0.587. The number of rotatable bonds is 3. The van der Waals surface area contributed by atoms with Crippen molar-refractivity contribution in [2.24, 2.45) is 0 Å². The molecule has 0 bridgehead atoms. The van der Waals surface area contributed by atoms with Gasteiger partial charge < -0.3 is 9.64 Å². The number of halogens is 2. The third-order valence-corrected chi connectivity index (χ3v) is 5.02. The maximum atomic E-state index is 13.7. The van der Waals surface area contributed by atoms with Gasteiger partial charge in [0.25, 0.3) is 0 Å². The van der Waals surface area contributed by atoms with Crippen molar-refractivity contribution in [3.8, 4) is 5.88 Å². The number of aromatic nitrogens is 4. The fourth-order valence-electron chi connectivity index (χ4n) is 3.21. The third kappa shape index (κ3) is 2.58. The van der Waals surface area contributed by atoms with E-state index < -0.39 is 0 Å². The van der Waals surface area contributed by atoms with Crippen LogP contribution in [0, 0.1) is 9.39 Å². The van der Waals surface area contributed by atoms with Crippen LogP contribution in [-0.2, 0) is 0 Å². The summed E-state index contributed by atoms with van der Waals surface area (Å²) < 4.78 is 21.8. The van der Waals surface area contributed by atoms with E-state index in [0.29, 0.717) is 5.88 Å². The minimum absolute atomic E-state index is 0.00122. The number of pyridine rings is 1. The van der Waals surface area contributed by atoms with Crippen molar-refractivity contribution in [2.45, 2.75) is 18.9 Å². The van der Waals surface area contributed by atoms with Crippen LogP contribution in [0.5, 0.6) is 5.88 Å². The summed E-state index contributed by atoms with van der Waals surface area (Å²) in [5.74, 6) is 0.967. The Morgan fingerprint density at radius 3 is 3.08 bits per heavy atom. The maximum absolute atomic E-state index is 13.7. The number of methoxy groups -OCH3 is 1. The normalized spacial score (nSPS) is 17.6. The first-order valence-corrected chi connectivity index (χ1v) is 8.71. The Bertz CT molecular complexity index is 899. The van der Waals surface area contributed by atoms with E-state index in [-0.39, 0.29) is 11.9 Å². The Kier molecular flexibility index (Phi) is 3.99. The summed E-state index contributed by atoms with van der Waals surface area (Å²) in [5, 5.41) is 4.25. The zero-order valence-electron chi connectivity index (χ0n) is 13.0. The van der Waals surface area contributed by atoms with Crippen molar-refractivity contribution in [1.29, 1.82) is 0 Å². The smallest absolute Gasteiger partial charge is 0.218 e. The minimum Gasteiger partial charge on any atom is -0.481 e. The van der Waals surface area contributed by atoms with E-state index in [4.69, 9.17) is 9.72 Å². The lowest BCUT2D eigenvalue weighted by Gasteiger charge is -2.26. The molecule has 0 aliphatic carbocycles. The molecule has 0 radical (unpaired) electrons. The van der Waals surface area contributed by atoms with E-state index >= 15 is 0 Å². The van der Waals surface area contributed by atoms with Crippen molar-refractivity contribution in [2.75, 3.05) is 18.6 Å². The van der Waals surface area contributed by atoms with Crippen LogP contribution in [0.25, 0.3) is 5.65 Å². The largest absolute Gasteiger partial charge is 0.481 e. The predicted molar refractivity (Wildman–Crippen MR) is 95.8 cm³/mol. The molecular weight excluding hydrogens is 424 g/mol. The van der Waals surface area contributed by atoms with Crippen LogP contribution in [-0.4, -0.2) is 33.2 Å². The van der Waals surface area contributed by atoms with Gasteiger partial charge in [0, 0.05) is 18.3 Å². The van der Waals surface area contributed by atoms with Crippen LogP contribution < -0.4 is 9.64 Å². The summed E-state index contributed by atoms with van der Waals surface area (Å²) in [5.41, 5.74) is 1.59. The first kappa shape index (κ1) is 15.6. The van der Waals surface area contributed by atoms with Gasteiger partial charge >= 0.3 is 0 Å². The fourth-order valence-corrected chi connectivity index (χ4v) is 3.70. The molecule has 1 atom stereocenters. The van der Waals surface area contributed by atoms with Gasteiger partial charge in [0.15, 0.2) is 5.65 Å². The second-order valence-electron chi connectivity index (χ2n) is 5.65. The van der Waals surface area contributed by atoms with Gasteiger partial charge in [-0.05, 0) is 47.6 Å². The first-order valence-electron chi connectivity index (χ1n) is 7.63. The predicted octanol–water partition coefficient (Wildman–Crippen LogP) is 3.22. The molecular formula is C16H15FIN5O.